The van der Waals surface area contributed by atoms with Crippen molar-refractivity contribution in [3.05, 3.63) is 41.6 Å². The summed E-state index contributed by atoms with van der Waals surface area (Å²) in [5.74, 6) is -0.555. The number of ether oxygens (including phenoxy) is 3. The van der Waals surface area contributed by atoms with Crippen molar-refractivity contribution in [3.63, 3.8) is 0 Å². The molecule has 1 aromatic heterocycles. The Morgan fingerprint density at radius 2 is 1.89 bits per heavy atom. The highest BCUT2D eigenvalue weighted by Gasteiger charge is 2.64. The first kappa shape index (κ1) is 38.5. The molecule has 3 aliphatic heterocycles. The summed E-state index contributed by atoms with van der Waals surface area (Å²) in [6.45, 7) is 3.76. The van der Waals surface area contributed by atoms with Crippen molar-refractivity contribution in [2.45, 2.75) is 138 Å². The SMILES string of the molecule is CCCOC(=O)NC1CCCCCC=CC2CC2(C(=O)NS(=O)(=O)C2(C)CC2)NC(=O)C2CC3(CCc4c(c(C5CC5)nc5ccc(OC)cc45)O3)CN2C1=O. The fourth-order valence-corrected chi connectivity index (χ4v) is 9.99. The highest BCUT2D eigenvalue weighted by molar-refractivity contribution is 7.91. The number of aryl methyl sites for hydroxylation is 1. The summed E-state index contributed by atoms with van der Waals surface area (Å²) in [6, 6.07) is 3.79. The molecule has 15 heteroatoms. The van der Waals surface area contributed by atoms with Crippen LogP contribution in [0.3, 0.4) is 0 Å². The third-order valence-corrected chi connectivity index (χ3v) is 14.9. The van der Waals surface area contributed by atoms with E-state index < -0.39 is 67.7 Å². The third kappa shape index (κ3) is 7.20. The molecule has 3 saturated carbocycles. The Balaban J connectivity index is 1.15. The Hall–Kier alpha value is -4.40. The van der Waals surface area contributed by atoms with Crippen LogP contribution in [0, 0.1) is 5.92 Å². The average molecular weight is 792 g/mol. The fourth-order valence-electron chi connectivity index (χ4n) is 8.67. The number of carbonyl (C=O) groups excluding carboxylic acids is 4. The molecule has 56 heavy (non-hydrogen) atoms. The first-order valence-electron chi connectivity index (χ1n) is 20.3. The number of pyridine rings is 1. The van der Waals surface area contributed by atoms with Gasteiger partial charge in [-0.1, -0.05) is 31.9 Å². The van der Waals surface area contributed by atoms with Gasteiger partial charge in [-0.2, -0.15) is 0 Å². The van der Waals surface area contributed by atoms with E-state index in [4.69, 9.17) is 19.2 Å². The number of hydrogen-bond donors (Lipinski definition) is 3. The first-order valence-corrected chi connectivity index (χ1v) is 21.8. The topological polar surface area (TPSA) is 182 Å². The van der Waals surface area contributed by atoms with Crippen LogP contribution in [0.5, 0.6) is 11.5 Å². The van der Waals surface area contributed by atoms with E-state index in [2.05, 4.69) is 15.4 Å². The van der Waals surface area contributed by atoms with Crippen molar-refractivity contribution >= 4 is 44.7 Å². The lowest BCUT2D eigenvalue weighted by atomic mass is 9.86. The van der Waals surface area contributed by atoms with Crippen LogP contribution >= 0.6 is 0 Å². The van der Waals surface area contributed by atoms with Crippen molar-refractivity contribution in [3.8, 4) is 11.5 Å². The number of alkyl carbamates (subject to hydrolysis) is 1. The molecular formula is C41H53N5O9S. The number of nitrogens with zero attached hydrogens (tertiary/aromatic N) is 2. The number of sulfonamides is 1. The van der Waals surface area contributed by atoms with Crippen LogP contribution in [0.15, 0.2) is 30.4 Å². The second kappa shape index (κ2) is 14.5. The van der Waals surface area contributed by atoms with Gasteiger partial charge in [0.1, 0.15) is 34.7 Å². The van der Waals surface area contributed by atoms with Crippen LogP contribution in [0.4, 0.5) is 4.79 Å². The average Bonchev–Trinajstić information content (AvgIpc) is 4.12. The Labute approximate surface area is 327 Å². The van der Waals surface area contributed by atoms with Gasteiger partial charge in [0.2, 0.25) is 21.8 Å². The largest absolute Gasteiger partial charge is 0.497 e. The smallest absolute Gasteiger partial charge is 0.407 e. The maximum absolute atomic E-state index is 14.8. The maximum Gasteiger partial charge on any atom is 0.407 e. The molecule has 8 rings (SSSR count). The minimum Gasteiger partial charge on any atom is -0.497 e. The van der Waals surface area contributed by atoms with E-state index in [1.165, 1.54) is 4.90 Å². The molecule has 1 spiro atoms. The molecule has 0 bridgehead atoms. The van der Waals surface area contributed by atoms with Gasteiger partial charge in [-0.05, 0) is 95.8 Å². The van der Waals surface area contributed by atoms with Gasteiger partial charge in [-0.3, -0.25) is 19.1 Å². The molecule has 1 saturated heterocycles. The van der Waals surface area contributed by atoms with Crippen LogP contribution in [-0.2, 0) is 35.6 Å². The lowest BCUT2D eigenvalue weighted by Gasteiger charge is -2.37. The zero-order valence-corrected chi connectivity index (χ0v) is 33.3. The molecule has 1 aromatic carbocycles. The number of benzene rings is 1. The molecule has 4 amide bonds. The number of fused-ring (bicyclic) bond motifs is 5. The Kier molecular flexibility index (Phi) is 9.97. The van der Waals surface area contributed by atoms with Gasteiger partial charge < -0.3 is 29.7 Å². The third-order valence-electron chi connectivity index (χ3n) is 12.7. The summed E-state index contributed by atoms with van der Waals surface area (Å²) in [7, 11) is -2.36. The van der Waals surface area contributed by atoms with Crippen molar-refractivity contribution in [2.24, 2.45) is 5.92 Å². The molecule has 3 N–H and O–H groups in total. The van der Waals surface area contributed by atoms with E-state index in [9.17, 15) is 27.6 Å². The van der Waals surface area contributed by atoms with Crippen LogP contribution in [0.1, 0.15) is 114 Å². The number of allylic oxidation sites excluding steroid dienone is 1. The Morgan fingerprint density at radius 3 is 2.62 bits per heavy atom. The van der Waals surface area contributed by atoms with Crippen LogP contribution in [0.2, 0.25) is 0 Å². The zero-order chi connectivity index (χ0) is 39.5. The summed E-state index contributed by atoms with van der Waals surface area (Å²) in [6.07, 6.45) is 11.4. The molecule has 3 aliphatic carbocycles. The number of rotatable bonds is 8. The predicted octanol–water partition coefficient (Wildman–Crippen LogP) is 4.68. The molecule has 4 heterocycles. The summed E-state index contributed by atoms with van der Waals surface area (Å²) >= 11 is 0. The van der Waals surface area contributed by atoms with Crippen LogP contribution in [-0.4, -0.2) is 90.3 Å². The summed E-state index contributed by atoms with van der Waals surface area (Å²) in [4.78, 5) is 62.9. The minimum atomic E-state index is -3.98. The number of nitrogens with one attached hydrogen (secondary N) is 3. The van der Waals surface area contributed by atoms with Crippen molar-refractivity contribution < 1.29 is 41.8 Å². The quantitative estimate of drug-likeness (QED) is 0.318. The number of methoxy groups -OCH3 is 1. The van der Waals surface area contributed by atoms with E-state index >= 15 is 0 Å². The molecule has 302 valence electrons. The standard InChI is InChI=1S/C41H53N5O9S/c1-4-20-54-38(50)43-31-11-9-7-5-6-8-10-26-22-41(26,37(49)45-56(51,52)39(2)18-19-39)44-35(47)32-23-40(24-46(32)36(31)48)17-16-28-29-21-27(53-3)14-15-30(29)42-33(25-12-13-25)34(28)55-40/h8,10,14-15,21,25-26,31-32H,4-7,9,11-13,16-20,22-24H2,1-3H3,(H,43,50)(H,44,47)(H,45,49). The number of amides is 4. The van der Waals surface area contributed by atoms with Crippen LogP contribution in [0.25, 0.3) is 10.9 Å². The van der Waals surface area contributed by atoms with E-state index in [-0.39, 0.29) is 31.9 Å². The molecule has 0 radical (unpaired) electrons. The van der Waals surface area contributed by atoms with Crippen LogP contribution < -0.4 is 24.8 Å². The molecular weight excluding hydrogens is 739 g/mol. The lowest BCUT2D eigenvalue weighted by Crippen LogP contribution is -2.58. The summed E-state index contributed by atoms with van der Waals surface area (Å²) < 4.78 is 45.7. The van der Waals surface area contributed by atoms with Crippen molar-refractivity contribution in [1.82, 2.24) is 25.2 Å². The fraction of sp³-hybridized carbons (Fsp3) is 0.634. The molecule has 2 aromatic rings. The summed E-state index contributed by atoms with van der Waals surface area (Å²) in [5, 5.41) is 6.70. The second-order valence-electron chi connectivity index (χ2n) is 17.0. The van der Waals surface area contributed by atoms with Gasteiger partial charge in [0, 0.05) is 29.2 Å². The van der Waals surface area contributed by atoms with Gasteiger partial charge in [0.15, 0.2) is 0 Å². The second-order valence-corrected chi connectivity index (χ2v) is 19.2. The normalized spacial score (nSPS) is 29.8. The number of carbonyl (C=O) groups is 4. The minimum absolute atomic E-state index is 0.0705. The first-order chi connectivity index (χ1) is 26.8. The zero-order valence-electron chi connectivity index (χ0n) is 32.5. The Morgan fingerprint density at radius 1 is 1.09 bits per heavy atom. The molecule has 5 atom stereocenters. The van der Waals surface area contributed by atoms with Crippen molar-refractivity contribution in [1.29, 1.82) is 0 Å². The maximum atomic E-state index is 14.8. The molecule has 4 fully saturated rings. The highest BCUT2D eigenvalue weighted by atomic mass is 32.2. The number of aromatic nitrogens is 1. The van der Waals surface area contributed by atoms with E-state index in [0.717, 1.165) is 47.8 Å². The van der Waals surface area contributed by atoms with Gasteiger partial charge >= 0.3 is 6.09 Å². The molecule has 14 nitrogen and oxygen atoms in total. The van der Waals surface area contributed by atoms with Gasteiger partial charge in [-0.15, -0.1) is 0 Å². The lowest BCUT2D eigenvalue weighted by molar-refractivity contribution is -0.141. The predicted molar refractivity (Wildman–Crippen MR) is 207 cm³/mol. The summed E-state index contributed by atoms with van der Waals surface area (Å²) in [5.41, 5.74) is 0.290. The van der Waals surface area contributed by atoms with E-state index in [1.54, 1.807) is 14.0 Å². The molecule has 5 unspecified atom stereocenters. The van der Waals surface area contributed by atoms with E-state index in [0.29, 0.717) is 62.9 Å². The Bertz CT molecular complexity index is 2080. The molecule has 6 aliphatic rings. The number of hydrogen-bond acceptors (Lipinski definition) is 10. The van der Waals surface area contributed by atoms with Crippen molar-refractivity contribution in [2.75, 3.05) is 20.3 Å². The van der Waals surface area contributed by atoms with Gasteiger partial charge in [-0.25, -0.2) is 18.2 Å². The van der Waals surface area contributed by atoms with Gasteiger partial charge in [0.25, 0.3) is 5.91 Å². The monoisotopic (exact) mass is 791 g/mol. The highest BCUT2D eigenvalue weighted by Crippen LogP contribution is 2.52. The van der Waals surface area contributed by atoms with E-state index in [1.807, 2.05) is 37.3 Å². The van der Waals surface area contributed by atoms with Gasteiger partial charge in [0.05, 0.1) is 36.2 Å².